The molecule has 0 fully saturated rings. The Morgan fingerprint density at radius 1 is 1.47 bits per heavy atom. The fraction of sp³-hybridized carbons (Fsp3) is 0.700. The van der Waals surface area contributed by atoms with E-state index in [0.717, 1.165) is 11.5 Å². The quantitative estimate of drug-likeness (QED) is 0.754. The van der Waals surface area contributed by atoms with Crippen LogP contribution in [0.3, 0.4) is 0 Å². The first-order valence-corrected chi connectivity index (χ1v) is 5.25. The molecule has 0 aliphatic heterocycles. The van der Waals surface area contributed by atoms with Crippen molar-refractivity contribution < 1.29 is 22.4 Å². The number of rotatable bonds is 7. The van der Waals surface area contributed by atoms with Gasteiger partial charge in [0.1, 0.15) is 12.4 Å². The van der Waals surface area contributed by atoms with Gasteiger partial charge in [-0.2, -0.15) is 13.2 Å². The van der Waals surface area contributed by atoms with Gasteiger partial charge in [0.05, 0.1) is 5.69 Å². The standard InChI is InChI=1S/C10H15F3N2O2/c1-8-5-9(15-17-8)6-14-3-2-4-16-7-10(11,12)13/h5,14H,2-4,6-7H2,1H3. The average molecular weight is 252 g/mol. The maximum Gasteiger partial charge on any atom is 0.411 e. The van der Waals surface area contributed by atoms with Crippen LogP contribution in [0, 0.1) is 6.92 Å². The fourth-order valence-corrected chi connectivity index (χ4v) is 1.20. The predicted molar refractivity (Wildman–Crippen MR) is 54.4 cm³/mol. The molecule has 0 aromatic carbocycles. The summed E-state index contributed by atoms with van der Waals surface area (Å²) >= 11 is 0. The van der Waals surface area contributed by atoms with E-state index in [9.17, 15) is 13.2 Å². The SMILES string of the molecule is Cc1cc(CNCCCOCC(F)(F)F)no1. The first-order valence-electron chi connectivity index (χ1n) is 5.25. The summed E-state index contributed by atoms with van der Waals surface area (Å²) in [5, 5.41) is 6.79. The third-order valence-electron chi connectivity index (χ3n) is 1.89. The molecular formula is C10H15F3N2O2. The van der Waals surface area contributed by atoms with Crippen LogP contribution in [0.15, 0.2) is 10.6 Å². The first kappa shape index (κ1) is 14.0. The van der Waals surface area contributed by atoms with Gasteiger partial charge in [0.2, 0.25) is 0 Å². The smallest absolute Gasteiger partial charge is 0.372 e. The lowest BCUT2D eigenvalue weighted by Crippen LogP contribution is -2.20. The van der Waals surface area contributed by atoms with Gasteiger partial charge in [-0.15, -0.1) is 0 Å². The molecule has 17 heavy (non-hydrogen) atoms. The van der Waals surface area contributed by atoms with Crippen molar-refractivity contribution >= 4 is 0 Å². The van der Waals surface area contributed by atoms with Crippen LogP contribution in [0.2, 0.25) is 0 Å². The second kappa shape index (κ2) is 6.61. The zero-order chi connectivity index (χ0) is 12.7. The minimum atomic E-state index is -4.24. The third kappa shape index (κ3) is 6.96. The van der Waals surface area contributed by atoms with E-state index in [1.54, 1.807) is 13.0 Å². The molecule has 0 saturated heterocycles. The molecule has 0 aliphatic carbocycles. The number of hydrogen-bond donors (Lipinski definition) is 1. The molecule has 98 valence electrons. The second-order valence-corrected chi connectivity index (χ2v) is 3.63. The van der Waals surface area contributed by atoms with E-state index in [1.807, 2.05) is 0 Å². The normalized spacial score (nSPS) is 12.0. The molecular weight excluding hydrogens is 237 g/mol. The van der Waals surface area contributed by atoms with Crippen molar-refractivity contribution in [1.82, 2.24) is 10.5 Å². The van der Waals surface area contributed by atoms with Crippen molar-refractivity contribution in [2.75, 3.05) is 19.8 Å². The van der Waals surface area contributed by atoms with Crippen LogP contribution in [0.5, 0.6) is 0 Å². The summed E-state index contributed by atoms with van der Waals surface area (Å²) in [4.78, 5) is 0. The Hall–Kier alpha value is -1.08. The van der Waals surface area contributed by atoms with E-state index in [0.29, 0.717) is 19.5 Å². The van der Waals surface area contributed by atoms with E-state index in [2.05, 4.69) is 15.2 Å². The molecule has 1 aromatic heterocycles. The molecule has 0 aliphatic rings. The molecule has 1 rings (SSSR count). The van der Waals surface area contributed by atoms with Gasteiger partial charge in [0.25, 0.3) is 0 Å². The van der Waals surface area contributed by atoms with Crippen LogP contribution >= 0.6 is 0 Å². The van der Waals surface area contributed by atoms with Crippen molar-refractivity contribution in [2.45, 2.75) is 26.1 Å². The number of alkyl halides is 3. The number of halogens is 3. The molecule has 0 unspecified atom stereocenters. The number of ether oxygens (including phenoxy) is 1. The summed E-state index contributed by atoms with van der Waals surface area (Å²) in [6, 6.07) is 1.80. The van der Waals surface area contributed by atoms with Crippen LogP contribution in [0.1, 0.15) is 17.9 Å². The molecule has 1 N–H and O–H groups in total. The van der Waals surface area contributed by atoms with Gasteiger partial charge in [0, 0.05) is 19.2 Å². The van der Waals surface area contributed by atoms with Crippen molar-refractivity contribution in [2.24, 2.45) is 0 Å². The second-order valence-electron chi connectivity index (χ2n) is 3.63. The van der Waals surface area contributed by atoms with E-state index >= 15 is 0 Å². The number of nitrogens with zero attached hydrogens (tertiary/aromatic N) is 1. The van der Waals surface area contributed by atoms with Crippen LogP contribution in [-0.4, -0.2) is 31.1 Å². The summed E-state index contributed by atoms with van der Waals surface area (Å²) < 4.78 is 44.4. The molecule has 0 saturated carbocycles. The zero-order valence-electron chi connectivity index (χ0n) is 9.51. The van der Waals surface area contributed by atoms with Crippen molar-refractivity contribution in [1.29, 1.82) is 0 Å². The van der Waals surface area contributed by atoms with Gasteiger partial charge in [-0.25, -0.2) is 0 Å². The highest BCUT2D eigenvalue weighted by atomic mass is 19.4. The molecule has 0 bridgehead atoms. The van der Waals surface area contributed by atoms with Gasteiger partial charge in [-0.1, -0.05) is 5.16 Å². The Balaban J connectivity index is 1.95. The van der Waals surface area contributed by atoms with Crippen molar-refractivity contribution in [3.63, 3.8) is 0 Å². The summed E-state index contributed by atoms with van der Waals surface area (Å²) in [6.07, 6.45) is -3.72. The molecule has 4 nitrogen and oxygen atoms in total. The van der Waals surface area contributed by atoms with E-state index in [4.69, 9.17) is 4.52 Å². The van der Waals surface area contributed by atoms with Gasteiger partial charge in [0.15, 0.2) is 0 Å². The zero-order valence-corrected chi connectivity index (χ0v) is 9.51. The highest BCUT2D eigenvalue weighted by Crippen LogP contribution is 2.14. The van der Waals surface area contributed by atoms with Crippen LogP contribution in [0.25, 0.3) is 0 Å². The Bertz CT molecular complexity index is 326. The Morgan fingerprint density at radius 3 is 2.82 bits per heavy atom. The van der Waals surface area contributed by atoms with E-state index in [1.165, 1.54) is 0 Å². The molecule has 0 amide bonds. The number of nitrogens with one attached hydrogen (secondary N) is 1. The molecule has 7 heteroatoms. The molecule has 0 radical (unpaired) electrons. The lowest BCUT2D eigenvalue weighted by atomic mass is 10.3. The minimum Gasteiger partial charge on any atom is -0.372 e. The average Bonchev–Trinajstić information content (AvgIpc) is 2.61. The summed E-state index contributed by atoms with van der Waals surface area (Å²) in [5.74, 6) is 0.732. The summed E-state index contributed by atoms with van der Waals surface area (Å²) in [7, 11) is 0. The monoisotopic (exact) mass is 252 g/mol. The topological polar surface area (TPSA) is 47.3 Å². The minimum absolute atomic E-state index is 0.0877. The lowest BCUT2D eigenvalue weighted by molar-refractivity contribution is -0.173. The summed E-state index contributed by atoms with van der Waals surface area (Å²) in [6.45, 7) is 1.81. The Labute approximate surface area is 97.1 Å². The molecule has 1 heterocycles. The van der Waals surface area contributed by atoms with Crippen LogP contribution in [-0.2, 0) is 11.3 Å². The van der Waals surface area contributed by atoms with Gasteiger partial charge < -0.3 is 14.6 Å². The molecule has 0 spiro atoms. The lowest BCUT2D eigenvalue weighted by Gasteiger charge is -2.07. The largest absolute Gasteiger partial charge is 0.411 e. The van der Waals surface area contributed by atoms with Crippen molar-refractivity contribution in [3.05, 3.63) is 17.5 Å². The Morgan fingerprint density at radius 2 is 2.24 bits per heavy atom. The fourth-order valence-electron chi connectivity index (χ4n) is 1.20. The number of hydrogen-bond acceptors (Lipinski definition) is 4. The number of aromatic nitrogens is 1. The molecule has 1 aromatic rings. The van der Waals surface area contributed by atoms with Gasteiger partial charge in [-0.3, -0.25) is 0 Å². The summed E-state index contributed by atoms with van der Waals surface area (Å²) in [5.41, 5.74) is 0.777. The third-order valence-corrected chi connectivity index (χ3v) is 1.89. The maximum atomic E-state index is 11.7. The van der Waals surface area contributed by atoms with Crippen molar-refractivity contribution in [3.8, 4) is 0 Å². The molecule has 0 atom stereocenters. The maximum absolute atomic E-state index is 11.7. The number of aryl methyl sites for hydroxylation is 1. The van der Waals surface area contributed by atoms with Gasteiger partial charge in [-0.05, 0) is 19.9 Å². The van der Waals surface area contributed by atoms with E-state index in [-0.39, 0.29) is 6.61 Å². The highest BCUT2D eigenvalue weighted by molar-refractivity contribution is 5.02. The first-order chi connectivity index (χ1) is 7.97. The van der Waals surface area contributed by atoms with Gasteiger partial charge >= 0.3 is 6.18 Å². The van der Waals surface area contributed by atoms with Crippen LogP contribution < -0.4 is 5.32 Å². The Kier molecular flexibility index (Phi) is 5.43. The van der Waals surface area contributed by atoms with E-state index < -0.39 is 12.8 Å². The predicted octanol–water partition coefficient (Wildman–Crippen LogP) is 2.04. The van der Waals surface area contributed by atoms with Crippen LogP contribution in [0.4, 0.5) is 13.2 Å². The highest BCUT2D eigenvalue weighted by Gasteiger charge is 2.27.